The first-order valence-corrected chi connectivity index (χ1v) is 10.7. The zero-order valence-corrected chi connectivity index (χ0v) is 18.0. The lowest BCUT2D eigenvalue weighted by molar-refractivity contribution is -0.131. The lowest BCUT2D eigenvalue weighted by Gasteiger charge is -2.23. The Bertz CT molecular complexity index is 1150. The van der Waals surface area contributed by atoms with Crippen molar-refractivity contribution < 1.29 is 14.0 Å². The van der Waals surface area contributed by atoms with Crippen LogP contribution in [0.15, 0.2) is 57.6 Å². The lowest BCUT2D eigenvalue weighted by Crippen LogP contribution is -2.41. The third kappa shape index (κ3) is 3.13. The minimum atomic E-state index is -1.08. The minimum absolute atomic E-state index is 0.0607. The number of hydrogen-bond donors (Lipinski definition) is 1. The molecule has 3 aromatic rings. The molecule has 0 radical (unpaired) electrons. The summed E-state index contributed by atoms with van der Waals surface area (Å²) in [4.78, 5) is 31.6. The summed E-state index contributed by atoms with van der Waals surface area (Å²) in [5.41, 5.74) is 3.69. The fourth-order valence-corrected chi connectivity index (χ4v) is 4.45. The van der Waals surface area contributed by atoms with Gasteiger partial charge in [-0.1, -0.05) is 34.1 Å². The topological polar surface area (TPSA) is 75.4 Å². The van der Waals surface area contributed by atoms with E-state index < -0.39 is 11.6 Å². The molecule has 2 aliphatic rings. The van der Waals surface area contributed by atoms with Gasteiger partial charge < -0.3 is 9.73 Å². The molecule has 5 rings (SSSR count). The lowest BCUT2D eigenvalue weighted by atomic mass is 9.89. The number of benzene rings is 2. The molecule has 1 fully saturated rings. The molecule has 1 aliphatic heterocycles. The second-order valence-corrected chi connectivity index (χ2v) is 8.85. The molecule has 2 heterocycles. The average molecular weight is 466 g/mol. The number of nitrogens with zero attached hydrogens (tertiary/aromatic N) is 2. The number of carbonyl (C=O) groups excluding carboxylic acids is 2. The summed E-state index contributed by atoms with van der Waals surface area (Å²) in [5, 5.41) is 2.88. The molecule has 0 bridgehead atoms. The first-order chi connectivity index (χ1) is 14.4. The second-order valence-electron chi connectivity index (χ2n) is 7.93. The predicted molar refractivity (Wildman–Crippen MR) is 115 cm³/mol. The smallest absolute Gasteiger partial charge is 0.325 e. The Kier molecular flexibility index (Phi) is 4.50. The Morgan fingerprint density at radius 2 is 1.90 bits per heavy atom. The van der Waals surface area contributed by atoms with E-state index in [9.17, 15) is 9.59 Å². The van der Waals surface area contributed by atoms with Crippen LogP contribution < -0.4 is 5.32 Å². The molecule has 2 aromatic carbocycles. The van der Waals surface area contributed by atoms with E-state index >= 15 is 0 Å². The van der Waals surface area contributed by atoms with Crippen LogP contribution in [0.4, 0.5) is 4.79 Å². The van der Waals surface area contributed by atoms with Crippen molar-refractivity contribution in [1.82, 2.24) is 15.2 Å². The summed E-state index contributed by atoms with van der Waals surface area (Å²) in [6.07, 6.45) is 4.71. The van der Waals surface area contributed by atoms with Gasteiger partial charge in [0.15, 0.2) is 0 Å². The zero-order valence-electron chi connectivity index (χ0n) is 16.4. The maximum Gasteiger partial charge on any atom is 0.325 e. The minimum Gasteiger partial charge on any atom is -0.444 e. The highest BCUT2D eigenvalue weighted by Crippen LogP contribution is 2.33. The number of halogens is 1. The van der Waals surface area contributed by atoms with Crippen molar-refractivity contribution in [3.63, 3.8) is 0 Å². The van der Waals surface area contributed by atoms with Crippen molar-refractivity contribution >= 4 is 27.9 Å². The number of aryl methyl sites for hydroxylation is 2. The van der Waals surface area contributed by atoms with Crippen LogP contribution in [0.2, 0.25) is 0 Å². The normalized spacial score (nSPS) is 20.5. The van der Waals surface area contributed by atoms with Crippen molar-refractivity contribution in [2.75, 3.05) is 0 Å². The molecule has 6 nitrogen and oxygen atoms in total. The van der Waals surface area contributed by atoms with Crippen molar-refractivity contribution in [1.29, 1.82) is 0 Å². The van der Waals surface area contributed by atoms with Crippen molar-refractivity contribution in [3.8, 4) is 11.5 Å². The fraction of sp³-hybridized carbons (Fsp3) is 0.261. The van der Waals surface area contributed by atoms with Gasteiger partial charge in [-0.05, 0) is 67.1 Å². The third-order valence-corrected chi connectivity index (χ3v) is 6.44. The fourth-order valence-electron chi connectivity index (χ4n) is 4.19. The summed E-state index contributed by atoms with van der Waals surface area (Å²) in [7, 11) is 0. The van der Waals surface area contributed by atoms with E-state index in [0.717, 1.165) is 34.9 Å². The molecule has 1 atom stereocenters. The Labute approximate surface area is 182 Å². The molecule has 7 heteroatoms. The van der Waals surface area contributed by atoms with E-state index in [4.69, 9.17) is 4.42 Å². The number of hydrogen-bond acceptors (Lipinski definition) is 4. The Morgan fingerprint density at radius 3 is 2.70 bits per heavy atom. The maximum absolute atomic E-state index is 13.2. The standard InChI is InChI=1S/C23H20BrN3O3/c1-23(17-8-5-14-3-2-4-16(14)11-17)21(28)27(22(29)26-23)12-19-13-30-20(25-19)15-6-9-18(24)10-7-15/h5-11,13H,2-4,12H2,1H3,(H,26,29). The highest BCUT2D eigenvalue weighted by molar-refractivity contribution is 9.10. The molecule has 1 N–H and O–H groups in total. The molecule has 1 saturated heterocycles. The van der Waals surface area contributed by atoms with Crippen LogP contribution in [0.25, 0.3) is 11.5 Å². The highest BCUT2D eigenvalue weighted by atomic mass is 79.9. The number of carbonyl (C=O) groups is 2. The van der Waals surface area contributed by atoms with Gasteiger partial charge in [-0.15, -0.1) is 0 Å². The molecular weight excluding hydrogens is 446 g/mol. The number of fused-ring (bicyclic) bond motifs is 1. The monoisotopic (exact) mass is 465 g/mol. The average Bonchev–Trinajstić information content (AvgIpc) is 3.44. The SMILES string of the molecule is CC1(c2ccc3c(c2)CCC3)NC(=O)N(Cc2coc(-c3ccc(Br)cc3)n2)C1=O. The van der Waals surface area contributed by atoms with Crippen molar-refractivity contribution in [3.05, 3.63) is 75.6 Å². The van der Waals surface area contributed by atoms with Crippen LogP contribution in [0.5, 0.6) is 0 Å². The summed E-state index contributed by atoms with van der Waals surface area (Å²) < 4.78 is 6.52. The van der Waals surface area contributed by atoms with E-state index in [1.807, 2.05) is 30.3 Å². The first-order valence-electron chi connectivity index (χ1n) is 9.91. The molecule has 0 saturated carbocycles. The van der Waals surface area contributed by atoms with Gasteiger partial charge in [0.25, 0.3) is 5.91 Å². The van der Waals surface area contributed by atoms with Crippen LogP contribution in [0.1, 0.15) is 35.7 Å². The zero-order chi connectivity index (χ0) is 20.9. The van der Waals surface area contributed by atoms with E-state index in [2.05, 4.69) is 38.4 Å². The van der Waals surface area contributed by atoms with Gasteiger partial charge in [0.05, 0.1) is 12.2 Å². The van der Waals surface area contributed by atoms with Crippen LogP contribution in [0.3, 0.4) is 0 Å². The van der Waals surface area contributed by atoms with Gasteiger partial charge in [0.1, 0.15) is 11.8 Å². The van der Waals surface area contributed by atoms with Crippen LogP contribution in [0, 0.1) is 0 Å². The molecule has 152 valence electrons. The molecule has 0 spiro atoms. The van der Waals surface area contributed by atoms with Crippen LogP contribution in [-0.2, 0) is 29.7 Å². The number of amides is 3. The Hall–Kier alpha value is -2.93. The molecule has 1 unspecified atom stereocenters. The molecule has 1 aliphatic carbocycles. The maximum atomic E-state index is 13.2. The predicted octanol–water partition coefficient (Wildman–Crippen LogP) is 4.56. The summed E-state index contributed by atoms with van der Waals surface area (Å²) >= 11 is 3.40. The Morgan fingerprint density at radius 1 is 1.13 bits per heavy atom. The first kappa shape index (κ1) is 19.1. The molecule has 3 amide bonds. The van der Waals surface area contributed by atoms with Gasteiger partial charge in [0, 0.05) is 10.0 Å². The summed E-state index contributed by atoms with van der Waals surface area (Å²) in [5.74, 6) is 0.171. The second kappa shape index (κ2) is 7.09. The number of nitrogens with one attached hydrogen (secondary N) is 1. The highest BCUT2D eigenvalue weighted by Gasteiger charge is 2.49. The van der Waals surface area contributed by atoms with Gasteiger partial charge in [-0.3, -0.25) is 9.69 Å². The number of aromatic nitrogens is 1. The van der Waals surface area contributed by atoms with Crippen molar-refractivity contribution in [2.45, 2.75) is 38.3 Å². The number of rotatable bonds is 4. The van der Waals surface area contributed by atoms with E-state index in [1.165, 1.54) is 22.3 Å². The number of imide groups is 1. The molecular formula is C23H20BrN3O3. The summed E-state index contributed by atoms with van der Waals surface area (Å²) in [6, 6.07) is 13.2. The van der Waals surface area contributed by atoms with Gasteiger partial charge in [-0.25, -0.2) is 9.78 Å². The van der Waals surface area contributed by atoms with Crippen LogP contribution >= 0.6 is 15.9 Å². The number of oxazole rings is 1. The largest absolute Gasteiger partial charge is 0.444 e. The number of urea groups is 1. The summed E-state index contributed by atoms with van der Waals surface area (Å²) in [6.45, 7) is 1.82. The van der Waals surface area contributed by atoms with Gasteiger partial charge in [-0.2, -0.15) is 0 Å². The van der Waals surface area contributed by atoms with E-state index in [0.29, 0.717) is 11.6 Å². The van der Waals surface area contributed by atoms with E-state index in [1.54, 1.807) is 6.92 Å². The molecule has 30 heavy (non-hydrogen) atoms. The molecule has 1 aromatic heterocycles. The van der Waals surface area contributed by atoms with Gasteiger partial charge in [0.2, 0.25) is 5.89 Å². The van der Waals surface area contributed by atoms with E-state index in [-0.39, 0.29) is 12.5 Å². The van der Waals surface area contributed by atoms with Crippen LogP contribution in [-0.4, -0.2) is 21.8 Å². The van der Waals surface area contributed by atoms with Gasteiger partial charge >= 0.3 is 6.03 Å². The quantitative estimate of drug-likeness (QED) is 0.573. The third-order valence-electron chi connectivity index (χ3n) is 5.91. The van der Waals surface area contributed by atoms with Crippen molar-refractivity contribution in [2.24, 2.45) is 0 Å². The Balaban J connectivity index is 1.38.